The molecule has 0 saturated carbocycles. The van der Waals surface area contributed by atoms with E-state index in [0.717, 1.165) is 42.6 Å². The average molecular weight is 653 g/mol. The van der Waals surface area contributed by atoms with Gasteiger partial charge in [-0.1, -0.05) is 29.8 Å². The number of aromatic amines is 1. The number of pyridine rings is 1. The molecule has 13 heteroatoms. The molecule has 5 atom stereocenters. The molecule has 0 amide bonds. The van der Waals surface area contributed by atoms with Crippen molar-refractivity contribution in [1.29, 1.82) is 0 Å². The molecule has 3 aliphatic rings. The topological polar surface area (TPSA) is 129 Å². The molecule has 0 aliphatic carbocycles. The molecule has 200 valence electrons. The van der Waals surface area contributed by atoms with Crippen molar-refractivity contribution in [3.63, 3.8) is 0 Å². The zero-order valence-corrected chi connectivity index (χ0v) is 23.2. The summed E-state index contributed by atoms with van der Waals surface area (Å²) in [4.78, 5) is 12.3. The Labute approximate surface area is 236 Å². The Morgan fingerprint density at radius 3 is 3.03 bits per heavy atom. The molecule has 4 aromatic rings. The monoisotopic (exact) mass is 652 g/mol. The second-order valence-electron chi connectivity index (χ2n) is 9.80. The lowest BCUT2D eigenvalue weighted by Crippen LogP contribution is -2.44. The number of imidazole rings is 1. The lowest BCUT2D eigenvalue weighted by atomic mass is 10.1. The first-order valence-corrected chi connectivity index (χ1v) is 14.1. The van der Waals surface area contributed by atoms with Gasteiger partial charge in [-0.05, 0) is 47.6 Å². The molecule has 1 aromatic carbocycles. The second kappa shape index (κ2) is 9.75. The van der Waals surface area contributed by atoms with Gasteiger partial charge in [-0.3, -0.25) is 4.68 Å². The molecule has 6 heterocycles. The third-order valence-electron chi connectivity index (χ3n) is 7.30. The first-order chi connectivity index (χ1) is 18.5. The van der Waals surface area contributed by atoms with Gasteiger partial charge in [0, 0.05) is 12.0 Å². The number of H-pyrrole nitrogens is 1. The van der Waals surface area contributed by atoms with Gasteiger partial charge in [-0.2, -0.15) is 10.1 Å². The van der Waals surface area contributed by atoms with Gasteiger partial charge in [0.25, 0.3) is 6.01 Å². The van der Waals surface area contributed by atoms with Crippen LogP contribution in [0.2, 0.25) is 5.02 Å². The van der Waals surface area contributed by atoms with Crippen molar-refractivity contribution in [2.24, 2.45) is 0 Å². The minimum atomic E-state index is -0.774. The summed E-state index contributed by atoms with van der Waals surface area (Å²) in [6.45, 7) is 2.49. The van der Waals surface area contributed by atoms with Gasteiger partial charge in [-0.25, -0.2) is 4.98 Å². The second-order valence-corrected chi connectivity index (χ2v) is 11.9. The van der Waals surface area contributed by atoms with Crippen LogP contribution in [-0.4, -0.2) is 77.7 Å². The van der Waals surface area contributed by atoms with Crippen molar-refractivity contribution >= 4 is 62.1 Å². The number of hydrogen-bond acceptors (Lipinski definition) is 9. The summed E-state index contributed by atoms with van der Waals surface area (Å²) < 4.78 is 24.7. The normalized spacial score (nSPS) is 28.9. The maximum absolute atomic E-state index is 10.1. The van der Waals surface area contributed by atoms with E-state index in [1.807, 2.05) is 16.8 Å². The van der Waals surface area contributed by atoms with Crippen molar-refractivity contribution in [2.75, 3.05) is 25.1 Å². The summed E-state index contributed by atoms with van der Waals surface area (Å²) in [6.07, 6.45) is 0.796. The van der Waals surface area contributed by atoms with Crippen LogP contribution in [0.5, 0.6) is 6.01 Å². The predicted octanol–water partition coefficient (Wildman–Crippen LogP) is 3.42. The Morgan fingerprint density at radius 1 is 1.26 bits per heavy atom. The number of nitrogens with zero attached hydrogens (tertiary/aromatic N) is 4. The lowest BCUT2D eigenvalue weighted by Gasteiger charge is -2.25. The quantitative estimate of drug-likeness (QED) is 0.203. The average Bonchev–Trinajstić information content (AvgIpc) is 3.72. The van der Waals surface area contributed by atoms with Crippen LogP contribution >= 0.6 is 34.2 Å². The zero-order valence-electron chi connectivity index (χ0n) is 20.3. The van der Waals surface area contributed by atoms with Crippen LogP contribution in [0.3, 0.4) is 0 Å². The number of aliphatic hydroxyl groups is 1. The van der Waals surface area contributed by atoms with Crippen molar-refractivity contribution in [3.05, 3.63) is 41.0 Å². The molecule has 3 saturated heterocycles. The van der Waals surface area contributed by atoms with Gasteiger partial charge >= 0.3 is 0 Å². The standard InChI is InChI=1S/C25H26ClIN6O5/c26-15-8-16-23(31-24(29-16)38-20-12-36-21-19(34)11-37-25(20,21)27)30-22(15)28-9-17-14-5-1-2-6-18(14)33(32-17)10-13-4-3-7-35-13/h1-2,5-6,8,13,19-21,34H,3-4,7,9-12H2,(H2,28,29,30,31)/t13?,19-,20-,21-,25-/m1/s1. The Hall–Kier alpha value is -2.23. The summed E-state index contributed by atoms with van der Waals surface area (Å²) >= 11 is 8.73. The lowest BCUT2D eigenvalue weighted by molar-refractivity contribution is 0.00481. The number of benzene rings is 1. The number of rotatable bonds is 7. The fourth-order valence-corrected chi connectivity index (χ4v) is 6.69. The van der Waals surface area contributed by atoms with Crippen molar-refractivity contribution in [3.8, 4) is 6.01 Å². The van der Waals surface area contributed by atoms with E-state index in [0.29, 0.717) is 28.5 Å². The van der Waals surface area contributed by atoms with Crippen molar-refractivity contribution in [2.45, 2.75) is 54.0 Å². The first kappa shape index (κ1) is 24.8. The molecule has 7 rings (SSSR count). The van der Waals surface area contributed by atoms with Crippen molar-refractivity contribution in [1.82, 2.24) is 24.7 Å². The molecule has 3 N–H and O–H groups in total. The van der Waals surface area contributed by atoms with E-state index in [9.17, 15) is 5.11 Å². The Kier molecular flexibility index (Phi) is 6.36. The van der Waals surface area contributed by atoms with E-state index in [1.165, 1.54) is 0 Å². The van der Waals surface area contributed by atoms with Gasteiger partial charge in [0.05, 0.1) is 54.2 Å². The third kappa shape index (κ3) is 4.31. The maximum atomic E-state index is 10.1. The number of alkyl halides is 1. The fraction of sp³-hybridized carbons (Fsp3) is 0.480. The highest BCUT2D eigenvalue weighted by atomic mass is 127. The van der Waals surface area contributed by atoms with Gasteiger partial charge < -0.3 is 34.4 Å². The van der Waals surface area contributed by atoms with Crippen LogP contribution in [0.4, 0.5) is 5.82 Å². The number of halogens is 2. The third-order valence-corrected chi connectivity index (χ3v) is 9.20. The van der Waals surface area contributed by atoms with Crippen LogP contribution in [0.1, 0.15) is 18.5 Å². The molecule has 3 fully saturated rings. The molecule has 0 bridgehead atoms. The number of para-hydroxylation sites is 1. The SMILES string of the molecule is O[C@@H]1CO[C@@]2(I)[C@@H]1OC[C@H]2Oc1nc2nc(NCc3nn(CC4CCCO4)c4ccccc34)c(Cl)cc2[nH]1. The molecule has 3 aromatic heterocycles. The highest BCUT2D eigenvalue weighted by Crippen LogP contribution is 2.44. The Morgan fingerprint density at radius 2 is 2.16 bits per heavy atom. The van der Waals surface area contributed by atoms with Crippen molar-refractivity contribution < 1.29 is 24.1 Å². The molecule has 1 unspecified atom stereocenters. The van der Waals surface area contributed by atoms with Crippen LogP contribution < -0.4 is 10.1 Å². The summed E-state index contributed by atoms with van der Waals surface area (Å²) in [7, 11) is 0. The number of hydrogen-bond donors (Lipinski definition) is 3. The van der Waals surface area contributed by atoms with Crippen LogP contribution in [-0.2, 0) is 27.3 Å². The molecule has 11 nitrogen and oxygen atoms in total. The molecular weight excluding hydrogens is 627 g/mol. The van der Waals surface area contributed by atoms with E-state index < -0.39 is 21.9 Å². The van der Waals surface area contributed by atoms with Gasteiger partial charge in [0.15, 0.2) is 15.4 Å². The van der Waals surface area contributed by atoms with Crippen LogP contribution in [0, 0.1) is 0 Å². The number of aromatic nitrogens is 5. The number of anilines is 1. The Bertz CT molecular complexity index is 1490. The first-order valence-electron chi connectivity index (χ1n) is 12.6. The van der Waals surface area contributed by atoms with E-state index in [4.69, 9.17) is 35.6 Å². The molecule has 3 aliphatic heterocycles. The number of nitrogens with one attached hydrogen (secondary N) is 2. The summed E-state index contributed by atoms with van der Waals surface area (Å²) in [5, 5.41) is 19.8. The Balaban J connectivity index is 1.09. The van der Waals surface area contributed by atoms with Crippen LogP contribution in [0.15, 0.2) is 30.3 Å². The number of aliphatic hydroxyl groups excluding tert-OH is 1. The summed E-state index contributed by atoms with van der Waals surface area (Å²) in [5.74, 6) is 0.506. The van der Waals surface area contributed by atoms with Gasteiger partial charge in [0.1, 0.15) is 18.0 Å². The minimum absolute atomic E-state index is 0.197. The molecule has 0 radical (unpaired) electrons. The van der Waals surface area contributed by atoms with Gasteiger partial charge in [-0.15, -0.1) is 0 Å². The van der Waals surface area contributed by atoms with E-state index in [-0.39, 0.29) is 25.3 Å². The minimum Gasteiger partial charge on any atom is -0.455 e. The van der Waals surface area contributed by atoms with E-state index in [2.05, 4.69) is 55.0 Å². The molecular formula is C25H26ClIN6O5. The largest absolute Gasteiger partial charge is 0.455 e. The summed E-state index contributed by atoms with van der Waals surface area (Å²) in [5.41, 5.74) is 3.09. The number of fused-ring (bicyclic) bond motifs is 3. The highest BCUT2D eigenvalue weighted by Gasteiger charge is 2.60. The highest BCUT2D eigenvalue weighted by molar-refractivity contribution is 14.1. The van der Waals surface area contributed by atoms with E-state index >= 15 is 0 Å². The molecule has 38 heavy (non-hydrogen) atoms. The molecule has 0 spiro atoms. The summed E-state index contributed by atoms with van der Waals surface area (Å²) in [6, 6.07) is 10.2. The smallest absolute Gasteiger partial charge is 0.296 e. The van der Waals surface area contributed by atoms with Crippen LogP contribution in [0.25, 0.3) is 22.1 Å². The maximum Gasteiger partial charge on any atom is 0.296 e. The fourth-order valence-electron chi connectivity index (χ4n) is 5.39. The van der Waals surface area contributed by atoms with Gasteiger partial charge in [0.2, 0.25) is 0 Å². The van der Waals surface area contributed by atoms with E-state index in [1.54, 1.807) is 6.07 Å². The number of ether oxygens (including phenoxy) is 4. The zero-order chi connectivity index (χ0) is 25.9. The predicted molar refractivity (Wildman–Crippen MR) is 148 cm³/mol.